The number of nitrogens with zero attached hydrogens (tertiary/aromatic N) is 3. The first-order valence-corrected chi connectivity index (χ1v) is 6.17. The number of nitrogen functional groups attached to an aromatic ring is 1. The van der Waals surface area contributed by atoms with Crippen LogP contribution in [0.3, 0.4) is 0 Å². The van der Waals surface area contributed by atoms with Crippen LogP contribution in [0.2, 0.25) is 0 Å². The van der Waals surface area contributed by atoms with Crippen LogP contribution in [0.5, 0.6) is 5.75 Å². The number of aromatic nitrogens is 2. The number of hydrogen-bond donors (Lipinski definition) is 1. The highest BCUT2D eigenvalue weighted by atomic mass is 16.6. The van der Waals surface area contributed by atoms with Gasteiger partial charge in [-0.15, -0.1) is 0 Å². The minimum Gasteiger partial charge on any atom is -0.490 e. The lowest BCUT2D eigenvalue weighted by molar-refractivity contribution is -0.384. The van der Waals surface area contributed by atoms with Crippen molar-refractivity contribution >= 4 is 11.6 Å². The van der Waals surface area contributed by atoms with E-state index in [0.717, 1.165) is 24.8 Å². The number of rotatable bonds is 4. The molecule has 3 rings (SSSR count). The second-order valence-corrected chi connectivity index (χ2v) is 4.56. The summed E-state index contributed by atoms with van der Waals surface area (Å²) in [5.41, 5.74) is 6.14. The van der Waals surface area contributed by atoms with Gasteiger partial charge in [-0.05, 0) is 37.1 Å². The van der Waals surface area contributed by atoms with Gasteiger partial charge in [-0.3, -0.25) is 10.1 Å². The Morgan fingerprint density at radius 3 is 2.60 bits per heavy atom. The Balaban J connectivity index is 1.94. The number of ether oxygens (including phenoxy) is 1. The molecule has 0 atom stereocenters. The maximum atomic E-state index is 11.0. The lowest BCUT2D eigenvalue weighted by Crippen LogP contribution is -2.01. The molecule has 0 amide bonds. The molecule has 0 saturated heterocycles. The quantitative estimate of drug-likeness (QED) is 0.675. The Hall–Kier alpha value is -2.70. The van der Waals surface area contributed by atoms with Gasteiger partial charge in [-0.1, -0.05) is 0 Å². The molecule has 1 heterocycles. The summed E-state index contributed by atoms with van der Waals surface area (Å²) in [6.45, 7) is 0. The highest BCUT2D eigenvalue weighted by molar-refractivity contribution is 5.70. The monoisotopic (exact) mass is 272 g/mol. The normalized spacial score (nSPS) is 14.0. The fourth-order valence-electron chi connectivity index (χ4n) is 1.80. The van der Waals surface area contributed by atoms with Crippen LogP contribution >= 0.6 is 0 Å². The average molecular weight is 272 g/mol. The fourth-order valence-corrected chi connectivity index (χ4v) is 1.80. The highest BCUT2D eigenvalue weighted by Gasteiger charge is 2.23. The summed E-state index contributed by atoms with van der Waals surface area (Å²) in [4.78, 5) is 18.1. The largest absolute Gasteiger partial charge is 0.490 e. The van der Waals surface area contributed by atoms with Gasteiger partial charge >= 0.3 is 5.69 Å². The molecule has 1 aliphatic carbocycles. The molecule has 2 N–H and O–H groups in total. The first-order chi connectivity index (χ1) is 9.63. The van der Waals surface area contributed by atoms with E-state index < -0.39 is 4.92 Å². The van der Waals surface area contributed by atoms with Gasteiger partial charge in [-0.25, -0.2) is 9.97 Å². The van der Waals surface area contributed by atoms with Crippen LogP contribution in [0.4, 0.5) is 11.6 Å². The molecular formula is C13H12N4O3. The van der Waals surface area contributed by atoms with Gasteiger partial charge in [0.05, 0.1) is 11.0 Å². The van der Waals surface area contributed by atoms with Gasteiger partial charge in [-0.2, -0.15) is 0 Å². The van der Waals surface area contributed by atoms with Gasteiger partial charge in [0.15, 0.2) is 5.69 Å². The molecule has 7 heteroatoms. The van der Waals surface area contributed by atoms with E-state index in [1.54, 1.807) is 24.3 Å². The van der Waals surface area contributed by atoms with Crippen molar-refractivity contribution in [2.24, 2.45) is 0 Å². The van der Waals surface area contributed by atoms with E-state index in [9.17, 15) is 10.1 Å². The maximum absolute atomic E-state index is 11.0. The highest BCUT2D eigenvalue weighted by Crippen LogP contribution is 2.31. The molecule has 1 fully saturated rings. The summed E-state index contributed by atoms with van der Waals surface area (Å²) in [6, 6.07) is 7.00. The van der Waals surface area contributed by atoms with E-state index >= 15 is 0 Å². The van der Waals surface area contributed by atoms with Crippen molar-refractivity contribution in [2.75, 3.05) is 5.73 Å². The Morgan fingerprint density at radius 2 is 2.00 bits per heavy atom. The van der Waals surface area contributed by atoms with E-state index in [1.807, 2.05) is 0 Å². The van der Waals surface area contributed by atoms with Crippen molar-refractivity contribution in [2.45, 2.75) is 18.9 Å². The molecule has 0 radical (unpaired) electrons. The molecule has 0 spiro atoms. The van der Waals surface area contributed by atoms with Crippen LogP contribution in [-0.2, 0) is 0 Å². The predicted molar refractivity (Wildman–Crippen MR) is 72.2 cm³/mol. The lowest BCUT2D eigenvalue weighted by Gasteiger charge is -2.06. The fraction of sp³-hybridized carbons (Fsp3) is 0.231. The summed E-state index contributed by atoms with van der Waals surface area (Å²) in [5, 5.41) is 11.0. The van der Waals surface area contributed by atoms with E-state index in [1.165, 1.54) is 0 Å². The van der Waals surface area contributed by atoms with Crippen LogP contribution in [0.15, 0.2) is 30.5 Å². The van der Waals surface area contributed by atoms with Gasteiger partial charge < -0.3 is 10.5 Å². The number of anilines is 1. The molecule has 20 heavy (non-hydrogen) atoms. The smallest absolute Gasteiger partial charge is 0.313 e. The third-order valence-electron chi connectivity index (χ3n) is 2.94. The summed E-state index contributed by atoms with van der Waals surface area (Å²) in [5.74, 6) is 0.754. The summed E-state index contributed by atoms with van der Waals surface area (Å²) < 4.78 is 5.63. The van der Waals surface area contributed by atoms with E-state index in [4.69, 9.17) is 10.5 Å². The molecule has 1 aliphatic rings. The Bertz CT molecular complexity index is 653. The van der Waals surface area contributed by atoms with Crippen molar-refractivity contribution in [3.8, 4) is 17.0 Å². The molecule has 1 aromatic heterocycles. The summed E-state index contributed by atoms with van der Waals surface area (Å²) in [6.07, 6.45) is 3.59. The van der Waals surface area contributed by atoms with Crippen LogP contribution < -0.4 is 10.5 Å². The van der Waals surface area contributed by atoms with E-state index in [-0.39, 0.29) is 17.3 Å². The van der Waals surface area contributed by atoms with Crippen molar-refractivity contribution in [3.05, 3.63) is 40.6 Å². The van der Waals surface area contributed by atoms with Gasteiger partial charge in [0.2, 0.25) is 5.95 Å². The Morgan fingerprint density at radius 1 is 1.30 bits per heavy atom. The molecule has 1 saturated carbocycles. The molecule has 1 aromatic carbocycles. The standard InChI is InChI=1S/C13H12N4O3/c14-13-15-7-11(17(18)19)12(16-13)8-1-3-9(4-2-8)20-10-5-6-10/h1-4,7,10H,5-6H2,(H2,14,15,16). The molecular weight excluding hydrogens is 260 g/mol. The zero-order valence-electron chi connectivity index (χ0n) is 10.5. The first kappa shape index (κ1) is 12.3. The second-order valence-electron chi connectivity index (χ2n) is 4.56. The predicted octanol–water partition coefficient (Wildman–Crippen LogP) is 2.18. The third kappa shape index (κ3) is 2.51. The molecule has 0 unspecified atom stereocenters. The number of benzene rings is 1. The maximum Gasteiger partial charge on any atom is 0.313 e. The first-order valence-electron chi connectivity index (χ1n) is 6.17. The molecule has 0 bridgehead atoms. The zero-order valence-corrected chi connectivity index (χ0v) is 10.5. The number of nitro groups is 1. The van der Waals surface area contributed by atoms with Crippen molar-refractivity contribution in [1.82, 2.24) is 9.97 Å². The van der Waals surface area contributed by atoms with Crippen molar-refractivity contribution < 1.29 is 9.66 Å². The van der Waals surface area contributed by atoms with Crippen LogP contribution in [0.25, 0.3) is 11.3 Å². The Kier molecular flexibility index (Phi) is 2.94. The zero-order chi connectivity index (χ0) is 14.1. The molecule has 102 valence electrons. The number of nitrogens with two attached hydrogens (primary N) is 1. The minimum atomic E-state index is -0.524. The van der Waals surface area contributed by atoms with Crippen LogP contribution in [0, 0.1) is 10.1 Å². The van der Waals surface area contributed by atoms with Gasteiger partial charge in [0, 0.05) is 5.56 Å². The number of hydrogen-bond acceptors (Lipinski definition) is 6. The third-order valence-corrected chi connectivity index (χ3v) is 2.94. The summed E-state index contributed by atoms with van der Waals surface area (Å²) in [7, 11) is 0. The lowest BCUT2D eigenvalue weighted by atomic mass is 10.1. The minimum absolute atomic E-state index is 0.00362. The summed E-state index contributed by atoms with van der Waals surface area (Å²) >= 11 is 0. The van der Waals surface area contributed by atoms with Crippen molar-refractivity contribution in [1.29, 1.82) is 0 Å². The second kappa shape index (κ2) is 4.76. The Labute approximate surface area is 114 Å². The van der Waals surface area contributed by atoms with Crippen LogP contribution in [0.1, 0.15) is 12.8 Å². The average Bonchev–Trinajstić information content (AvgIpc) is 3.23. The van der Waals surface area contributed by atoms with Gasteiger partial charge in [0.1, 0.15) is 11.9 Å². The van der Waals surface area contributed by atoms with Crippen LogP contribution in [-0.4, -0.2) is 21.0 Å². The topological polar surface area (TPSA) is 104 Å². The van der Waals surface area contributed by atoms with Crippen molar-refractivity contribution in [3.63, 3.8) is 0 Å². The molecule has 0 aliphatic heterocycles. The van der Waals surface area contributed by atoms with E-state index in [0.29, 0.717) is 11.7 Å². The molecule has 2 aromatic rings. The SMILES string of the molecule is Nc1ncc([N+](=O)[O-])c(-c2ccc(OC3CC3)cc2)n1. The van der Waals surface area contributed by atoms with Gasteiger partial charge in [0.25, 0.3) is 0 Å². The molecule has 7 nitrogen and oxygen atoms in total. The van der Waals surface area contributed by atoms with E-state index in [2.05, 4.69) is 9.97 Å².